The van der Waals surface area contributed by atoms with E-state index in [9.17, 15) is 0 Å². The minimum absolute atomic E-state index is 0.459. The molecule has 0 aliphatic carbocycles. The molecule has 0 unspecified atom stereocenters. The smallest absolute Gasteiger partial charge is 0.122 e. The first-order chi connectivity index (χ1) is 7.22. The lowest BCUT2D eigenvalue weighted by atomic mass is 10.2. The lowest BCUT2D eigenvalue weighted by Gasteiger charge is -1.98. The number of rotatable bonds is 2. The Morgan fingerprint density at radius 1 is 1.40 bits per heavy atom. The molecule has 0 atom stereocenters. The number of halogens is 1. The van der Waals surface area contributed by atoms with E-state index in [1.54, 1.807) is 0 Å². The summed E-state index contributed by atoms with van der Waals surface area (Å²) in [5.74, 6) is 0.890. The maximum Gasteiger partial charge on any atom is 0.122 e. The summed E-state index contributed by atoms with van der Waals surface area (Å²) >= 11 is 3.51. The van der Waals surface area contributed by atoms with Gasteiger partial charge in [-0.05, 0) is 6.07 Å². The quantitative estimate of drug-likeness (QED) is 0.906. The van der Waals surface area contributed by atoms with E-state index in [-0.39, 0.29) is 0 Å². The van der Waals surface area contributed by atoms with Gasteiger partial charge in [0.25, 0.3) is 0 Å². The Balaban J connectivity index is 2.50. The zero-order valence-corrected chi connectivity index (χ0v) is 10.0. The van der Waals surface area contributed by atoms with Gasteiger partial charge in [0, 0.05) is 23.3 Å². The van der Waals surface area contributed by atoms with Gasteiger partial charge in [-0.3, -0.25) is 0 Å². The van der Waals surface area contributed by atoms with Crippen molar-refractivity contribution in [3.05, 3.63) is 40.8 Å². The van der Waals surface area contributed by atoms with Crippen LogP contribution in [0, 0.1) is 0 Å². The third-order valence-electron chi connectivity index (χ3n) is 2.30. The summed E-state index contributed by atoms with van der Waals surface area (Å²) in [6, 6.07) is 8.02. The van der Waals surface area contributed by atoms with E-state index >= 15 is 0 Å². The maximum absolute atomic E-state index is 5.59. The normalized spacial score (nSPS) is 10.6. The van der Waals surface area contributed by atoms with Crippen LogP contribution in [0.3, 0.4) is 0 Å². The first-order valence-corrected chi connectivity index (χ1v) is 5.49. The van der Waals surface area contributed by atoms with Crippen LogP contribution in [0.5, 0.6) is 0 Å². The average Bonchev–Trinajstić information content (AvgIpc) is 2.60. The van der Waals surface area contributed by atoms with E-state index in [1.165, 1.54) is 0 Å². The molecule has 4 heteroatoms. The van der Waals surface area contributed by atoms with Gasteiger partial charge < -0.3 is 10.3 Å². The number of aromatic nitrogens is 2. The van der Waals surface area contributed by atoms with Crippen molar-refractivity contribution in [3.63, 3.8) is 0 Å². The highest BCUT2D eigenvalue weighted by Gasteiger charge is 2.07. The summed E-state index contributed by atoms with van der Waals surface area (Å²) < 4.78 is 3.00. The summed E-state index contributed by atoms with van der Waals surface area (Å²) in [7, 11) is 1.95. The van der Waals surface area contributed by atoms with Crippen LogP contribution in [-0.2, 0) is 13.6 Å². The molecule has 3 nitrogen and oxygen atoms in total. The highest BCUT2D eigenvalue weighted by atomic mass is 79.9. The zero-order valence-electron chi connectivity index (χ0n) is 8.44. The number of hydrogen-bond acceptors (Lipinski definition) is 2. The van der Waals surface area contributed by atoms with Crippen LogP contribution in [0.25, 0.3) is 11.3 Å². The molecule has 0 fully saturated rings. The van der Waals surface area contributed by atoms with E-state index in [2.05, 4.69) is 20.9 Å². The number of benzene rings is 1. The second-order valence-corrected chi connectivity index (χ2v) is 4.19. The maximum atomic E-state index is 5.59. The predicted molar refractivity (Wildman–Crippen MR) is 64.2 cm³/mol. The van der Waals surface area contributed by atoms with Gasteiger partial charge in [0.15, 0.2) is 0 Å². The number of nitrogens with two attached hydrogens (primary N) is 1. The van der Waals surface area contributed by atoms with Crippen molar-refractivity contribution in [2.75, 3.05) is 0 Å². The van der Waals surface area contributed by atoms with E-state index in [0.717, 1.165) is 21.6 Å². The average molecular weight is 266 g/mol. The van der Waals surface area contributed by atoms with Gasteiger partial charge in [0.2, 0.25) is 0 Å². The van der Waals surface area contributed by atoms with Crippen LogP contribution in [0.1, 0.15) is 5.82 Å². The third-order valence-corrected chi connectivity index (χ3v) is 3.00. The predicted octanol–water partition coefficient (Wildman–Crippen LogP) is 2.31. The Morgan fingerprint density at radius 3 is 2.73 bits per heavy atom. The molecule has 0 saturated carbocycles. The van der Waals surface area contributed by atoms with Gasteiger partial charge in [-0.2, -0.15) is 0 Å². The van der Waals surface area contributed by atoms with Crippen molar-refractivity contribution in [1.29, 1.82) is 0 Å². The lowest BCUT2D eigenvalue weighted by Crippen LogP contribution is -2.03. The number of aryl methyl sites for hydroxylation is 1. The highest BCUT2D eigenvalue weighted by molar-refractivity contribution is 9.10. The van der Waals surface area contributed by atoms with Gasteiger partial charge in [-0.1, -0.05) is 34.1 Å². The molecule has 0 radical (unpaired) electrons. The second-order valence-electron chi connectivity index (χ2n) is 3.34. The van der Waals surface area contributed by atoms with Gasteiger partial charge in [0.05, 0.1) is 12.2 Å². The molecule has 1 aromatic heterocycles. The van der Waals surface area contributed by atoms with E-state index in [0.29, 0.717) is 6.54 Å². The molecule has 78 valence electrons. The fourth-order valence-corrected chi connectivity index (χ4v) is 1.98. The van der Waals surface area contributed by atoms with Crippen molar-refractivity contribution in [3.8, 4) is 11.3 Å². The minimum Gasteiger partial charge on any atom is -0.336 e. The molecular weight excluding hydrogens is 254 g/mol. The van der Waals surface area contributed by atoms with Crippen molar-refractivity contribution in [2.24, 2.45) is 12.8 Å². The molecular formula is C11H12BrN3. The topological polar surface area (TPSA) is 43.8 Å². The monoisotopic (exact) mass is 265 g/mol. The number of nitrogens with zero attached hydrogens (tertiary/aromatic N) is 2. The fraction of sp³-hybridized carbons (Fsp3) is 0.182. The lowest BCUT2D eigenvalue weighted by molar-refractivity contribution is 0.794. The third kappa shape index (κ3) is 1.96. The second kappa shape index (κ2) is 4.16. The molecule has 1 heterocycles. The summed E-state index contributed by atoms with van der Waals surface area (Å²) in [4.78, 5) is 4.47. The van der Waals surface area contributed by atoms with Crippen LogP contribution in [0.2, 0.25) is 0 Å². The number of hydrogen-bond donors (Lipinski definition) is 1. The summed E-state index contributed by atoms with van der Waals surface area (Å²) in [5, 5.41) is 0. The molecule has 0 aliphatic rings. The van der Waals surface area contributed by atoms with E-state index in [4.69, 9.17) is 5.73 Å². The molecule has 15 heavy (non-hydrogen) atoms. The van der Waals surface area contributed by atoms with E-state index in [1.807, 2.05) is 42.1 Å². The Morgan fingerprint density at radius 2 is 2.13 bits per heavy atom. The zero-order chi connectivity index (χ0) is 10.8. The van der Waals surface area contributed by atoms with Crippen LogP contribution in [0.4, 0.5) is 0 Å². The minimum atomic E-state index is 0.459. The Hall–Kier alpha value is -1.13. The van der Waals surface area contributed by atoms with Crippen LogP contribution in [0.15, 0.2) is 34.9 Å². The molecule has 2 rings (SSSR count). The van der Waals surface area contributed by atoms with Gasteiger partial charge in [0.1, 0.15) is 5.82 Å². The van der Waals surface area contributed by atoms with Crippen LogP contribution < -0.4 is 5.73 Å². The summed E-state index contributed by atoms with van der Waals surface area (Å²) in [5.41, 5.74) is 7.63. The molecule has 0 aliphatic heterocycles. The summed E-state index contributed by atoms with van der Waals surface area (Å²) in [6.07, 6.45) is 1.99. The molecule has 2 N–H and O–H groups in total. The molecule has 2 aromatic rings. The molecule has 1 aromatic carbocycles. The van der Waals surface area contributed by atoms with Crippen molar-refractivity contribution in [2.45, 2.75) is 6.54 Å². The highest BCUT2D eigenvalue weighted by Crippen LogP contribution is 2.26. The number of imidazole rings is 1. The van der Waals surface area contributed by atoms with Gasteiger partial charge in [-0.15, -0.1) is 0 Å². The molecule has 0 spiro atoms. The fourth-order valence-electron chi connectivity index (χ4n) is 1.49. The van der Waals surface area contributed by atoms with Crippen LogP contribution in [-0.4, -0.2) is 9.55 Å². The van der Waals surface area contributed by atoms with Crippen molar-refractivity contribution in [1.82, 2.24) is 9.55 Å². The standard InChI is InChI=1S/C11H12BrN3/c1-15-7-10(14-11(15)6-13)8-4-2-3-5-9(8)12/h2-5,7H,6,13H2,1H3. The first-order valence-electron chi connectivity index (χ1n) is 4.69. The molecule has 0 saturated heterocycles. The van der Waals surface area contributed by atoms with Crippen molar-refractivity contribution < 1.29 is 0 Å². The largest absolute Gasteiger partial charge is 0.336 e. The Labute approximate surface area is 97.1 Å². The van der Waals surface area contributed by atoms with Crippen molar-refractivity contribution >= 4 is 15.9 Å². The first kappa shape index (κ1) is 10.4. The van der Waals surface area contributed by atoms with E-state index < -0.39 is 0 Å². The van der Waals surface area contributed by atoms with Gasteiger partial charge >= 0.3 is 0 Å². The van der Waals surface area contributed by atoms with Gasteiger partial charge in [-0.25, -0.2) is 4.98 Å². The SMILES string of the molecule is Cn1cc(-c2ccccc2Br)nc1CN. The summed E-state index contributed by atoms with van der Waals surface area (Å²) in [6.45, 7) is 0.459. The van der Waals surface area contributed by atoms with Crippen LogP contribution >= 0.6 is 15.9 Å². The molecule has 0 amide bonds. The molecule has 0 bridgehead atoms. The Kier molecular flexibility index (Phi) is 2.88. The Bertz CT molecular complexity index is 476.